The molecule has 2 unspecified atom stereocenters. The van der Waals surface area contributed by atoms with Gasteiger partial charge in [0, 0.05) is 12.1 Å². The van der Waals surface area contributed by atoms with Crippen molar-refractivity contribution in [2.45, 2.75) is 45.8 Å². The second-order valence-corrected chi connectivity index (χ2v) is 5.35. The molecule has 0 heterocycles. The highest BCUT2D eigenvalue weighted by Crippen LogP contribution is 2.20. The van der Waals surface area contributed by atoms with Gasteiger partial charge in [0.15, 0.2) is 0 Å². The fourth-order valence-corrected chi connectivity index (χ4v) is 1.93. The third kappa shape index (κ3) is 4.80. The van der Waals surface area contributed by atoms with Gasteiger partial charge in [-0.25, -0.2) is 4.39 Å². The van der Waals surface area contributed by atoms with Crippen LogP contribution in [0.15, 0.2) is 18.2 Å². The van der Waals surface area contributed by atoms with Crippen molar-refractivity contribution in [1.82, 2.24) is 10.6 Å². The van der Waals surface area contributed by atoms with E-state index >= 15 is 0 Å². The Morgan fingerprint density at radius 3 is 2.42 bits per heavy atom. The zero-order valence-corrected chi connectivity index (χ0v) is 12.4. The molecule has 2 atom stereocenters. The van der Waals surface area contributed by atoms with E-state index in [0.29, 0.717) is 0 Å². The van der Waals surface area contributed by atoms with Gasteiger partial charge in [-0.05, 0) is 45.4 Å². The van der Waals surface area contributed by atoms with Crippen molar-refractivity contribution in [3.8, 4) is 0 Å². The Balaban J connectivity index is 2.65. The number of carbonyl (C=O) groups excluding carboxylic acids is 1. The van der Waals surface area contributed by atoms with E-state index in [2.05, 4.69) is 10.6 Å². The van der Waals surface area contributed by atoms with Gasteiger partial charge in [-0.1, -0.05) is 17.7 Å². The molecule has 0 aliphatic heterocycles. The number of carbonyl (C=O) groups is 1. The summed E-state index contributed by atoms with van der Waals surface area (Å²) in [7, 11) is 0. The van der Waals surface area contributed by atoms with Crippen LogP contribution in [0.4, 0.5) is 4.39 Å². The highest BCUT2D eigenvalue weighted by molar-refractivity contribution is 6.30. The second kappa shape index (κ2) is 6.87. The zero-order chi connectivity index (χ0) is 14.6. The van der Waals surface area contributed by atoms with Gasteiger partial charge in [0.1, 0.15) is 5.82 Å². The molecule has 0 saturated heterocycles. The van der Waals surface area contributed by atoms with E-state index in [1.807, 2.05) is 20.8 Å². The summed E-state index contributed by atoms with van der Waals surface area (Å²) in [5, 5.41) is 6.08. The minimum absolute atomic E-state index is 0.0601. The van der Waals surface area contributed by atoms with Crippen molar-refractivity contribution in [3.05, 3.63) is 34.6 Å². The van der Waals surface area contributed by atoms with Crippen LogP contribution < -0.4 is 10.6 Å². The van der Waals surface area contributed by atoms with Crippen LogP contribution in [-0.2, 0) is 4.79 Å². The molecule has 19 heavy (non-hydrogen) atoms. The van der Waals surface area contributed by atoms with Crippen LogP contribution in [0.5, 0.6) is 0 Å². The molecule has 0 bridgehead atoms. The molecular formula is C14H20ClFN2O. The summed E-state index contributed by atoms with van der Waals surface area (Å²) in [5.74, 6) is -0.502. The summed E-state index contributed by atoms with van der Waals surface area (Å²) in [4.78, 5) is 11.8. The lowest BCUT2D eigenvalue weighted by atomic mass is 10.1. The number of benzene rings is 1. The second-order valence-electron chi connectivity index (χ2n) is 4.95. The fourth-order valence-electron chi connectivity index (χ4n) is 1.74. The molecule has 1 aromatic carbocycles. The van der Waals surface area contributed by atoms with Crippen LogP contribution in [0.2, 0.25) is 5.02 Å². The number of halogens is 2. The third-order valence-electron chi connectivity index (χ3n) is 2.77. The monoisotopic (exact) mass is 286 g/mol. The SMILES string of the molecule is CC(C)NC(=O)C(C)NC(C)c1ccc(F)c(Cl)c1. The predicted octanol–water partition coefficient (Wildman–Crippen LogP) is 3.04. The molecule has 0 fully saturated rings. The van der Waals surface area contributed by atoms with E-state index in [0.717, 1.165) is 5.56 Å². The van der Waals surface area contributed by atoms with Crippen LogP contribution >= 0.6 is 11.6 Å². The van der Waals surface area contributed by atoms with Crippen molar-refractivity contribution < 1.29 is 9.18 Å². The molecular weight excluding hydrogens is 267 g/mol. The molecule has 1 rings (SSSR count). The molecule has 0 radical (unpaired) electrons. The number of nitrogens with one attached hydrogen (secondary N) is 2. The van der Waals surface area contributed by atoms with Crippen LogP contribution in [0.1, 0.15) is 39.3 Å². The lowest BCUT2D eigenvalue weighted by molar-refractivity contribution is -0.123. The summed E-state index contributed by atoms with van der Waals surface area (Å²) < 4.78 is 13.1. The molecule has 3 nitrogen and oxygen atoms in total. The Labute approximate surface area is 118 Å². The average molecular weight is 287 g/mol. The molecule has 0 aliphatic carbocycles. The van der Waals surface area contributed by atoms with Crippen molar-refractivity contribution in [3.63, 3.8) is 0 Å². The van der Waals surface area contributed by atoms with Crippen molar-refractivity contribution in [2.24, 2.45) is 0 Å². The van der Waals surface area contributed by atoms with E-state index in [-0.39, 0.29) is 29.1 Å². The maximum atomic E-state index is 13.1. The number of hydrogen-bond acceptors (Lipinski definition) is 2. The first-order valence-electron chi connectivity index (χ1n) is 6.32. The Morgan fingerprint density at radius 2 is 1.89 bits per heavy atom. The summed E-state index contributed by atoms with van der Waals surface area (Å²) in [6.07, 6.45) is 0. The van der Waals surface area contributed by atoms with Gasteiger partial charge in [-0.15, -0.1) is 0 Å². The minimum Gasteiger partial charge on any atom is -0.353 e. The fraction of sp³-hybridized carbons (Fsp3) is 0.500. The maximum Gasteiger partial charge on any atom is 0.237 e. The van der Waals surface area contributed by atoms with Gasteiger partial charge < -0.3 is 5.32 Å². The highest BCUT2D eigenvalue weighted by atomic mass is 35.5. The zero-order valence-electron chi connectivity index (χ0n) is 11.6. The first kappa shape index (κ1) is 15.9. The summed E-state index contributed by atoms with van der Waals surface area (Å²) in [6, 6.07) is 4.24. The first-order chi connectivity index (χ1) is 8.81. The van der Waals surface area contributed by atoms with Crippen LogP contribution in [0, 0.1) is 5.82 Å². The van der Waals surface area contributed by atoms with Crippen molar-refractivity contribution in [2.75, 3.05) is 0 Å². The lowest BCUT2D eigenvalue weighted by Crippen LogP contribution is -2.45. The Bertz CT molecular complexity index is 451. The Hall–Kier alpha value is -1.13. The standard InChI is InChI=1S/C14H20ClFN2O/c1-8(2)17-14(19)10(4)18-9(3)11-5-6-13(16)12(15)7-11/h5-10,18H,1-4H3,(H,17,19). The molecule has 1 aromatic rings. The van der Waals surface area contributed by atoms with E-state index in [1.54, 1.807) is 19.1 Å². The first-order valence-corrected chi connectivity index (χ1v) is 6.70. The topological polar surface area (TPSA) is 41.1 Å². The summed E-state index contributed by atoms with van der Waals surface area (Å²) in [5.41, 5.74) is 0.843. The predicted molar refractivity (Wildman–Crippen MR) is 75.7 cm³/mol. The Morgan fingerprint density at radius 1 is 1.26 bits per heavy atom. The molecule has 0 aliphatic rings. The maximum absolute atomic E-state index is 13.1. The summed E-state index contributed by atoms with van der Waals surface area (Å²) in [6.45, 7) is 7.52. The molecule has 106 valence electrons. The Kier molecular flexibility index (Phi) is 5.76. The van der Waals surface area contributed by atoms with Crippen LogP contribution in [0.25, 0.3) is 0 Å². The van der Waals surface area contributed by atoms with Gasteiger partial charge in [-0.2, -0.15) is 0 Å². The molecule has 0 spiro atoms. The van der Waals surface area contributed by atoms with Crippen molar-refractivity contribution in [1.29, 1.82) is 0 Å². The lowest BCUT2D eigenvalue weighted by Gasteiger charge is -2.21. The number of hydrogen-bond donors (Lipinski definition) is 2. The third-order valence-corrected chi connectivity index (χ3v) is 3.06. The van der Waals surface area contributed by atoms with E-state index in [1.165, 1.54) is 6.07 Å². The van der Waals surface area contributed by atoms with Gasteiger partial charge in [0.2, 0.25) is 5.91 Å². The number of rotatable bonds is 5. The van der Waals surface area contributed by atoms with E-state index < -0.39 is 5.82 Å². The van der Waals surface area contributed by atoms with Gasteiger partial charge in [-0.3, -0.25) is 10.1 Å². The quantitative estimate of drug-likeness (QED) is 0.873. The van der Waals surface area contributed by atoms with E-state index in [4.69, 9.17) is 11.6 Å². The largest absolute Gasteiger partial charge is 0.353 e. The average Bonchev–Trinajstić information content (AvgIpc) is 2.31. The molecule has 0 aromatic heterocycles. The molecule has 5 heteroatoms. The molecule has 1 amide bonds. The molecule has 2 N–H and O–H groups in total. The van der Waals surface area contributed by atoms with E-state index in [9.17, 15) is 9.18 Å². The van der Waals surface area contributed by atoms with Gasteiger partial charge in [0.05, 0.1) is 11.1 Å². The van der Waals surface area contributed by atoms with Crippen LogP contribution in [0.3, 0.4) is 0 Å². The minimum atomic E-state index is -0.441. The highest BCUT2D eigenvalue weighted by Gasteiger charge is 2.17. The summed E-state index contributed by atoms with van der Waals surface area (Å²) >= 11 is 5.74. The van der Waals surface area contributed by atoms with Gasteiger partial charge >= 0.3 is 0 Å². The van der Waals surface area contributed by atoms with Crippen molar-refractivity contribution >= 4 is 17.5 Å². The normalized spacial score (nSPS) is 14.3. The van der Waals surface area contributed by atoms with Crippen LogP contribution in [-0.4, -0.2) is 18.0 Å². The van der Waals surface area contributed by atoms with Gasteiger partial charge in [0.25, 0.3) is 0 Å². The number of amides is 1. The molecule has 0 saturated carbocycles. The smallest absolute Gasteiger partial charge is 0.237 e.